The molecule has 0 saturated carbocycles. The Balaban J connectivity index is 2.39. The minimum Gasteiger partial charge on any atom is -0.460 e. The molecule has 3 nitrogen and oxygen atoms in total. The summed E-state index contributed by atoms with van der Waals surface area (Å²) in [5.74, 6) is -0.0882. The van der Waals surface area contributed by atoms with Gasteiger partial charge in [0.1, 0.15) is 12.6 Å². The molecule has 0 aliphatic heterocycles. The van der Waals surface area contributed by atoms with Crippen LogP contribution < -0.4 is 0 Å². The van der Waals surface area contributed by atoms with Gasteiger partial charge in [0.25, 0.3) is 0 Å². The largest absolute Gasteiger partial charge is 0.460 e. The highest BCUT2D eigenvalue weighted by atomic mass is 16.5. The van der Waals surface area contributed by atoms with Crippen molar-refractivity contribution in [2.45, 2.75) is 123 Å². The monoisotopic (exact) mass is 431 g/mol. The molecule has 3 heteroatoms. The lowest BCUT2D eigenvalue weighted by atomic mass is 10.1. The molecule has 0 unspecified atom stereocenters. The summed E-state index contributed by atoms with van der Waals surface area (Å²) in [5.41, 5.74) is 1.05. The quantitative estimate of drug-likeness (QED) is 0.155. The molecule has 0 N–H and O–H groups in total. The molecule has 1 aromatic rings. The summed E-state index contributed by atoms with van der Waals surface area (Å²) in [6.07, 6.45) is 18.3. The number of hydrogen-bond donors (Lipinski definition) is 0. The Morgan fingerprint density at radius 1 is 0.742 bits per heavy atom. The fourth-order valence-electron chi connectivity index (χ4n) is 4.04. The van der Waals surface area contributed by atoms with Gasteiger partial charge in [0.2, 0.25) is 0 Å². The van der Waals surface area contributed by atoms with Crippen LogP contribution in [0.1, 0.15) is 116 Å². The molecule has 0 saturated heterocycles. The van der Waals surface area contributed by atoms with Gasteiger partial charge < -0.3 is 4.74 Å². The zero-order valence-electron chi connectivity index (χ0n) is 20.7. The van der Waals surface area contributed by atoms with Crippen LogP contribution in [0, 0.1) is 0 Å². The molecule has 0 aliphatic rings. The predicted molar refractivity (Wildman–Crippen MR) is 133 cm³/mol. The minimum atomic E-state index is -0.163. The van der Waals surface area contributed by atoms with Crippen LogP contribution in [0.5, 0.6) is 0 Å². The van der Waals surface area contributed by atoms with E-state index in [0.717, 1.165) is 18.7 Å². The summed E-state index contributed by atoms with van der Waals surface area (Å²) in [5, 5.41) is 0. The number of benzene rings is 1. The third kappa shape index (κ3) is 14.4. The van der Waals surface area contributed by atoms with Crippen LogP contribution in [0.25, 0.3) is 0 Å². The standard InChI is InChI=1S/C28H49NO2/c1-4-6-8-10-12-14-19-23-29(24-20-15-13-11-9-7-5-2)26(3)28(30)31-25-27-21-17-16-18-22-27/h16-18,21-22,26H,4-15,19-20,23-25H2,1-3H3/t26-/m0/s1. The van der Waals surface area contributed by atoms with E-state index in [0.29, 0.717) is 6.61 Å². The molecule has 0 heterocycles. The zero-order valence-corrected chi connectivity index (χ0v) is 20.7. The summed E-state index contributed by atoms with van der Waals surface area (Å²) in [7, 11) is 0. The summed E-state index contributed by atoms with van der Waals surface area (Å²) in [4.78, 5) is 15.1. The number of esters is 1. The third-order valence-electron chi connectivity index (χ3n) is 6.21. The molecule has 178 valence electrons. The SMILES string of the molecule is CCCCCCCCCN(CCCCCCCCC)[C@@H](C)C(=O)OCc1ccccc1. The van der Waals surface area contributed by atoms with Crippen LogP contribution in [-0.2, 0) is 16.1 Å². The van der Waals surface area contributed by atoms with Crippen LogP contribution >= 0.6 is 0 Å². The fourth-order valence-corrected chi connectivity index (χ4v) is 4.04. The summed E-state index contributed by atoms with van der Waals surface area (Å²) >= 11 is 0. The Hall–Kier alpha value is -1.35. The number of carbonyl (C=O) groups is 1. The van der Waals surface area contributed by atoms with Crippen molar-refractivity contribution in [3.8, 4) is 0 Å². The van der Waals surface area contributed by atoms with Gasteiger partial charge in [-0.3, -0.25) is 9.69 Å². The Labute approximate surface area is 192 Å². The maximum absolute atomic E-state index is 12.7. The van der Waals surface area contributed by atoms with Crippen molar-refractivity contribution in [3.05, 3.63) is 35.9 Å². The van der Waals surface area contributed by atoms with Crippen LogP contribution in [0.2, 0.25) is 0 Å². The highest BCUT2D eigenvalue weighted by Gasteiger charge is 2.22. The van der Waals surface area contributed by atoms with E-state index in [9.17, 15) is 4.79 Å². The first-order valence-corrected chi connectivity index (χ1v) is 13.1. The molecule has 0 spiro atoms. The Morgan fingerprint density at radius 3 is 1.68 bits per heavy atom. The number of ether oxygens (including phenoxy) is 1. The maximum Gasteiger partial charge on any atom is 0.323 e. The molecule has 1 aromatic carbocycles. The van der Waals surface area contributed by atoms with Crippen molar-refractivity contribution in [2.24, 2.45) is 0 Å². The Morgan fingerprint density at radius 2 is 1.19 bits per heavy atom. The second-order valence-corrected chi connectivity index (χ2v) is 9.05. The normalized spacial score (nSPS) is 12.3. The average Bonchev–Trinajstić information content (AvgIpc) is 2.80. The molecule has 0 radical (unpaired) electrons. The summed E-state index contributed by atoms with van der Waals surface area (Å²) < 4.78 is 5.63. The highest BCUT2D eigenvalue weighted by Crippen LogP contribution is 2.13. The van der Waals surface area contributed by atoms with Gasteiger partial charge >= 0.3 is 5.97 Å². The van der Waals surface area contributed by atoms with E-state index in [1.807, 2.05) is 37.3 Å². The molecule has 0 aromatic heterocycles. The van der Waals surface area contributed by atoms with Crippen LogP contribution in [0.4, 0.5) is 0 Å². The van der Waals surface area contributed by atoms with E-state index in [1.165, 1.54) is 89.9 Å². The number of rotatable bonds is 20. The van der Waals surface area contributed by atoms with Crippen molar-refractivity contribution in [1.29, 1.82) is 0 Å². The molecule has 0 bridgehead atoms. The summed E-state index contributed by atoms with van der Waals surface area (Å²) in [6.45, 7) is 8.93. The van der Waals surface area contributed by atoms with E-state index in [1.54, 1.807) is 0 Å². The molecule has 1 rings (SSSR count). The van der Waals surface area contributed by atoms with Gasteiger partial charge in [-0.25, -0.2) is 0 Å². The second-order valence-electron chi connectivity index (χ2n) is 9.05. The van der Waals surface area contributed by atoms with Crippen molar-refractivity contribution in [2.75, 3.05) is 13.1 Å². The van der Waals surface area contributed by atoms with Gasteiger partial charge in [-0.1, -0.05) is 121 Å². The van der Waals surface area contributed by atoms with Gasteiger partial charge in [-0.15, -0.1) is 0 Å². The van der Waals surface area contributed by atoms with Crippen molar-refractivity contribution in [1.82, 2.24) is 4.90 Å². The van der Waals surface area contributed by atoms with Crippen molar-refractivity contribution in [3.63, 3.8) is 0 Å². The molecule has 0 amide bonds. The second kappa shape index (κ2) is 19.3. The molecular weight excluding hydrogens is 382 g/mol. The first-order valence-electron chi connectivity index (χ1n) is 13.1. The van der Waals surface area contributed by atoms with Crippen LogP contribution in [0.15, 0.2) is 30.3 Å². The first kappa shape index (κ1) is 27.7. The lowest BCUT2D eigenvalue weighted by Crippen LogP contribution is -2.41. The third-order valence-corrected chi connectivity index (χ3v) is 6.21. The van der Waals surface area contributed by atoms with Gasteiger partial charge in [-0.05, 0) is 38.4 Å². The fraction of sp³-hybridized carbons (Fsp3) is 0.750. The highest BCUT2D eigenvalue weighted by molar-refractivity contribution is 5.75. The molecule has 0 aliphatic carbocycles. The molecular formula is C28H49NO2. The smallest absolute Gasteiger partial charge is 0.323 e. The topological polar surface area (TPSA) is 29.5 Å². The number of nitrogens with zero attached hydrogens (tertiary/aromatic N) is 1. The van der Waals surface area contributed by atoms with Crippen molar-refractivity contribution >= 4 is 5.97 Å². The first-order chi connectivity index (χ1) is 15.2. The number of unbranched alkanes of at least 4 members (excludes halogenated alkanes) is 12. The Kier molecular flexibility index (Phi) is 17.3. The van der Waals surface area contributed by atoms with E-state index < -0.39 is 0 Å². The predicted octanol–water partition coefficient (Wildman–Crippen LogP) is 7.92. The lowest BCUT2D eigenvalue weighted by molar-refractivity contribution is -0.150. The van der Waals surface area contributed by atoms with Gasteiger partial charge in [-0.2, -0.15) is 0 Å². The average molecular weight is 432 g/mol. The maximum atomic E-state index is 12.7. The van der Waals surface area contributed by atoms with Gasteiger partial charge in [0, 0.05) is 0 Å². The minimum absolute atomic E-state index is 0.0882. The number of carbonyl (C=O) groups excluding carboxylic acids is 1. The van der Waals surface area contributed by atoms with E-state index in [4.69, 9.17) is 4.74 Å². The molecule has 0 fully saturated rings. The number of hydrogen-bond acceptors (Lipinski definition) is 3. The Bertz CT molecular complexity index is 513. The molecule has 1 atom stereocenters. The van der Waals surface area contributed by atoms with Crippen LogP contribution in [0.3, 0.4) is 0 Å². The summed E-state index contributed by atoms with van der Waals surface area (Å²) in [6, 6.07) is 9.81. The van der Waals surface area contributed by atoms with Gasteiger partial charge in [0.05, 0.1) is 0 Å². The van der Waals surface area contributed by atoms with Gasteiger partial charge in [0.15, 0.2) is 0 Å². The lowest BCUT2D eigenvalue weighted by Gasteiger charge is -2.27. The van der Waals surface area contributed by atoms with E-state index in [-0.39, 0.29) is 12.0 Å². The molecule has 31 heavy (non-hydrogen) atoms. The zero-order chi connectivity index (χ0) is 22.6. The van der Waals surface area contributed by atoms with Crippen LogP contribution in [-0.4, -0.2) is 30.0 Å². The van der Waals surface area contributed by atoms with E-state index in [2.05, 4.69) is 18.7 Å². The van der Waals surface area contributed by atoms with Crippen molar-refractivity contribution < 1.29 is 9.53 Å². The van der Waals surface area contributed by atoms with E-state index >= 15 is 0 Å².